The molecular formula is C17H19N3O3. The fourth-order valence-corrected chi connectivity index (χ4v) is 2.88. The van der Waals surface area contributed by atoms with Crippen molar-refractivity contribution >= 4 is 11.9 Å². The Morgan fingerprint density at radius 2 is 2.04 bits per heavy atom. The molecule has 1 fully saturated rings. The molecule has 6 heteroatoms. The fourth-order valence-electron chi connectivity index (χ4n) is 2.88. The Kier molecular flexibility index (Phi) is 4.41. The molecule has 1 aliphatic heterocycles. The third kappa shape index (κ3) is 3.59. The number of nitrogens with zero attached hydrogens (tertiary/aromatic N) is 3. The molecule has 120 valence electrons. The molecule has 0 aliphatic carbocycles. The molecule has 2 aromatic rings. The van der Waals surface area contributed by atoms with Crippen molar-refractivity contribution in [3.05, 3.63) is 48.3 Å². The van der Waals surface area contributed by atoms with Gasteiger partial charge in [-0.2, -0.15) is 5.10 Å². The van der Waals surface area contributed by atoms with E-state index < -0.39 is 11.9 Å². The predicted octanol–water partition coefficient (Wildman–Crippen LogP) is 1.74. The van der Waals surface area contributed by atoms with E-state index in [2.05, 4.69) is 5.10 Å². The van der Waals surface area contributed by atoms with E-state index in [4.69, 9.17) is 5.11 Å². The normalized spacial score (nSPS) is 17.9. The Bertz CT molecular complexity index is 680. The largest absolute Gasteiger partial charge is 0.481 e. The average molecular weight is 313 g/mol. The van der Waals surface area contributed by atoms with Gasteiger partial charge in [-0.25, -0.2) is 4.68 Å². The van der Waals surface area contributed by atoms with Gasteiger partial charge in [0, 0.05) is 25.5 Å². The number of benzene rings is 1. The van der Waals surface area contributed by atoms with E-state index >= 15 is 0 Å². The number of likely N-dealkylation sites (tertiary alicyclic amines) is 1. The van der Waals surface area contributed by atoms with Crippen molar-refractivity contribution in [3.8, 4) is 5.69 Å². The van der Waals surface area contributed by atoms with E-state index in [-0.39, 0.29) is 5.91 Å². The molecule has 0 spiro atoms. The van der Waals surface area contributed by atoms with Gasteiger partial charge in [-0.1, -0.05) is 12.1 Å². The first-order valence-corrected chi connectivity index (χ1v) is 7.73. The lowest BCUT2D eigenvalue weighted by molar-refractivity contribution is -0.145. The van der Waals surface area contributed by atoms with Crippen LogP contribution >= 0.6 is 0 Å². The second-order valence-electron chi connectivity index (χ2n) is 5.81. The van der Waals surface area contributed by atoms with Gasteiger partial charge in [0.15, 0.2) is 0 Å². The Balaban J connectivity index is 1.62. The third-order valence-electron chi connectivity index (χ3n) is 4.18. The van der Waals surface area contributed by atoms with Crippen LogP contribution in [0.5, 0.6) is 0 Å². The standard InChI is InChI=1S/C17H19N3O3/c21-16(19-9-1-3-14(12-19)17(22)23)11-13-4-6-15(7-5-13)20-10-2-8-18-20/h2,4-8,10,14H,1,3,9,11-12H2,(H,22,23)/t14-/m1/s1. The Morgan fingerprint density at radius 3 is 2.70 bits per heavy atom. The van der Waals surface area contributed by atoms with Gasteiger partial charge < -0.3 is 10.0 Å². The molecule has 1 N–H and O–H groups in total. The van der Waals surface area contributed by atoms with E-state index in [0.717, 1.165) is 17.7 Å². The van der Waals surface area contributed by atoms with E-state index in [0.29, 0.717) is 25.9 Å². The first-order chi connectivity index (χ1) is 11.1. The number of rotatable bonds is 4. The molecule has 1 aliphatic rings. The molecule has 0 unspecified atom stereocenters. The fraction of sp³-hybridized carbons (Fsp3) is 0.353. The van der Waals surface area contributed by atoms with Crippen molar-refractivity contribution in [3.63, 3.8) is 0 Å². The predicted molar refractivity (Wildman–Crippen MR) is 84.2 cm³/mol. The quantitative estimate of drug-likeness (QED) is 0.933. The SMILES string of the molecule is O=C(O)[C@@H]1CCCN(C(=O)Cc2ccc(-n3cccn3)cc2)C1. The molecule has 0 radical (unpaired) electrons. The van der Waals surface area contributed by atoms with E-state index in [1.807, 2.05) is 36.5 Å². The van der Waals surface area contributed by atoms with Gasteiger partial charge in [0.05, 0.1) is 18.0 Å². The van der Waals surface area contributed by atoms with Gasteiger partial charge in [0.25, 0.3) is 0 Å². The highest BCUT2D eigenvalue weighted by Crippen LogP contribution is 2.18. The summed E-state index contributed by atoms with van der Waals surface area (Å²) in [5, 5.41) is 13.3. The molecule has 1 aromatic carbocycles. The summed E-state index contributed by atoms with van der Waals surface area (Å²) >= 11 is 0. The smallest absolute Gasteiger partial charge is 0.308 e. The summed E-state index contributed by atoms with van der Waals surface area (Å²) in [4.78, 5) is 25.1. The molecule has 23 heavy (non-hydrogen) atoms. The number of aliphatic carboxylic acids is 1. The highest BCUT2D eigenvalue weighted by atomic mass is 16.4. The molecular weight excluding hydrogens is 294 g/mol. The number of carbonyl (C=O) groups excluding carboxylic acids is 1. The molecule has 2 heterocycles. The zero-order chi connectivity index (χ0) is 16.2. The highest BCUT2D eigenvalue weighted by molar-refractivity contribution is 5.80. The van der Waals surface area contributed by atoms with Crippen molar-refractivity contribution in [2.75, 3.05) is 13.1 Å². The molecule has 1 saturated heterocycles. The summed E-state index contributed by atoms with van der Waals surface area (Å²) in [6.07, 6.45) is 5.27. The second-order valence-corrected chi connectivity index (χ2v) is 5.81. The monoisotopic (exact) mass is 313 g/mol. The Labute approximate surface area is 134 Å². The van der Waals surface area contributed by atoms with Crippen LogP contribution in [0.2, 0.25) is 0 Å². The maximum atomic E-state index is 12.4. The summed E-state index contributed by atoms with van der Waals surface area (Å²) in [5.74, 6) is -1.26. The number of aromatic nitrogens is 2. The number of amides is 1. The zero-order valence-electron chi connectivity index (χ0n) is 12.8. The molecule has 1 atom stereocenters. The number of carboxylic acid groups (broad SMARTS) is 1. The lowest BCUT2D eigenvalue weighted by Gasteiger charge is -2.30. The molecule has 1 amide bonds. The molecule has 0 bridgehead atoms. The van der Waals surface area contributed by atoms with Gasteiger partial charge in [-0.15, -0.1) is 0 Å². The van der Waals surface area contributed by atoms with Crippen LogP contribution in [0.4, 0.5) is 0 Å². The van der Waals surface area contributed by atoms with Crippen LogP contribution in [-0.2, 0) is 16.0 Å². The lowest BCUT2D eigenvalue weighted by Crippen LogP contribution is -2.42. The molecule has 1 aromatic heterocycles. The van der Waals surface area contributed by atoms with Crippen LogP contribution in [0.25, 0.3) is 5.69 Å². The summed E-state index contributed by atoms with van der Waals surface area (Å²) in [6, 6.07) is 9.52. The van der Waals surface area contributed by atoms with E-state index in [1.54, 1.807) is 15.8 Å². The van der Waals surface area contributed by atoms with Crippen molar-refractivity contribution in [2.45, 2.75) is 19.3 Å². The average Bonchev–Trinajstić information content (AvgIpc) is 3.10. The number of piperidine rings is 1. The second kappa shape index (κ2) is 6.64. The number of carbonyl (C=O) groups is 2. The first-order valence-electron chi connectivity index (χ1n) is 7.73. The number of hydrogen-bond acceptors (Lipinski definition) is 3. The minimum Gasteiger partial charge on any atom is -0.481 e. The van der Waals surface area contributed by atoms with Gasteiger partial charge in [0.1, 0.15) is 0 Å². The third-order valence-corrected chi connectivity index (χ3v) is 4.18. The van der Waals surface area contributed by atoms with Crippen molar-refractivity contribution < 1.29 is 14.7 Å². The lowest BCUT2D eigenvalue weighted by atomic mass is 9.97. The van der Waals surface area contributed by atoms with Crippen LogP contribution < -0.4 is 0 Å². The summed E-state index contributed by atoms with van der Waals surface area (Å²) in [7, 11) is 0. The molecule has 0 saturated carbocycles. The highest BCUT2D eigenvalue weighted by Gasteiger charge is 2.27. The van der Waals surface area contributed by atoms with E-state index in [1.165, 1.54) is 0 Å². The van der Waals surface area contributed by atoms with Crippen LogP contribution in [0.1, 0.15) is 18.4 Å². The number of carboxylic acids is 1. The van der Waals surface area contributed by atoms with Gasteiger partial charge >= 0.3 is 5.97 Å². The summed E-state index contributed by atoms with van der Waals surface area (Å²) in [5.41, 5.74) is 1.86. The van der Waals surface area contributed by atoms with Crippen molar-refractivity contribution in [1.82, 2.24) is 14.7 Å². The molecule has 3 rings (SSSR count). The van der Waals surface area contributed by atoms with Crippen LogP contribution in [-0.4, -0.2) is 44.8 Å². The topological polar surface area (TPSA) is 75.4 Å². The summed E-state index contributed by atoms with van der Waals surface area (Å²) < 4.78 is 1.76. The van der Waals surface area contributed by atoms with Gasteiger partial charge in [-0.3, -0.25) is 9.59 Å². The Hall–Kier alpha value is -2.63. The Morgan fingerprint density at radius 1 is 1.26 bits per heavy atom. The number of hydrogen-bond donors (Lipinski definition) is 1. The van der Waals surface area contributed by atoms with Gasteiger partial charge in [-0.05, 0) is 36.6 Å². The summed E-state index contributed by atoms with van der Waals surface area (Å²) in [6.45, 7) is 0.966. The van der Waals surface area contributed by atoms with E-state index in [9.17, 15) is 9.59 Å². The maximum Gasteiger partial charge on any atom is 0.308 e. The maximum absolute atomic E-state index is 12.4. The van der Waals surface area contributed by atoms with Crippen LogP contribution in [0.3, 0.4) is 0 Å². The van der Waals surface area contributed by atoms with Crippen molar-refractivity contribution in [1.29, 1.82) is 0 Å². The van der Waals surface area contributed by atoms with Crippen LogP contribution in [0, 0.1) is 5.92 Å². The van der Waals surface area contributed by atoms with Crippen LogP contribution in [0.15, 0.2) is 42.7 Å². The van der Waals surface area contributed by atoms with Crippen molar-refractivity contribution in [2.24, 2.45) is 5.92 Å². The minimum absolute atomic E-state index is 0.0113. The minimum atomic E-state index is -0.814. The molecule has 6 nitrogen and oxygen atoms in total. The van der Waals surface area contributed by atoms with Gasteiger partial charge in [0.2, 0.25) is 5.91 Å². The first kappa shape index (κ1) is 15.3. The zero-order valence-corrected chi connectivity index (χ0v) is 12.8.